The van der Waals surface area contributed by atoms with Crippen LogP contribution in [-0.2, 0) is 4.79 Å². The molecule has 1 rings (SSSR count). The molecule has 0 saturated heterocycles. The number of amides is 1. The Morgan fingerprint density at radius 3 is 2.44 bits per heavy atom. The first-order valence-electron chi connectivity index (χ1n) is 4.27. The fourth-order valence-corrected chi connectivity index (χ4v) is 1.08. The number of carbonyl (C=O) groups is 1. The Bertz CT molecular complexity index is 465. The number of likely N-dealkylation sites (N-methyl/N-ethyl adjacent to an activating group) is 1. The number of hydrogen-bond donors (Lipinski definition) is 0. The van der Waals surface area contributed by atoms with Crippen LogP contribution in [0.4, 0.5) is 5.69 Å². The average molecular weight is 220 g/mol. The molecule has 0 aliphatic heterocycles. The molecule has 0 fully saturated rings. The predicted octanol–water partition coefficient (Wildman–Crippen LogP) is 0.554. The fourth-order valence-electron chi connectivity index (χ4n) is 1.08. The van der Waals surface area contributed by atoms with E-state index in [1.807, 2.05) is 0 Å². The summed E-state index contributed by atoms with van der Waals surface area (Å²) in [4.78, 5) is 24.2. The standard InChI is InChI=1S/C9H8N4O3/c1-12(7-5-3-2-4-6-7)9(14)8(11-10)13(15)16/h2-6H,1H3. The Labute approximate surface area is 90.7 Å². The number of rotatable bonds is 1. The van der Waals surface area contributed by atoms with E-state index in [4.69, 9.17) is 5.53 Å². The van der Waals surface area contributed by atoms with Gasteiger partial charge in [-0.25, -0.2) is 0 Å². The fraction of sp³-hybridized carbons (Fsp3) is 0.111. The monoisotopic (exact) mass is 220 g/mol. The van der Waals surface area contributed by atoms with Gasteiger partial charge in [0.05, 0.1) is 0 Å². The Kier molecular flexibility index (Phi) is 3.47. The van der Waals surface area contributed by atoms with Gasteiger partial charge in [-0.1, -0.05) is 23.0 Å². The van der Waals surface area contributed by atoms with Gasteiger partial charge in [0.15, 0.2) is 4.92 Å². The van der Waals surface area contributed by atoms with Crippen LogP contribution in [0.15, 0.2) is 30.3 Å². The molecular weight excluding hydrogens is 212 g/mol. The molecule has 0 heterocycles. The summed E-state index contributed by atoms with van der Waals surface area (Å²) in [6.07, 6.45) is 0. The van der Waals surface area contributed by atoms with Crippen LogP contribution >= 0.6 is 0 Å². The topological polar surface area (TPSA) is 99.9 Å². The summed E-state index contributed by atoms with van der Waals surface area (Å²) in [5, 5.41) is 10.4. The quantitative estimate of drug-likeness (QED) is 0.172. The Balaban J connectivity index is 3.00. The number of hydrogen-bond acceptors (Lipinski definition) is 3. The second-order valence-corrected chi connectivity index (χ2v) is 2.88. The van der Waals surface area contributed by atoms with Crippen molar-refractivity contribution < 1.29 is 14.5 Å². The van der Waals surface area contributed by atoms with Gasteiger partial charge in [0.1, 0.15) is 0 Å². The summed E-state index contributed by atoms with van der Waals surface area (Å²) in [6, 6.07) is 8.32. The third kappa shape index (κ3) is 2.28. The molecule has 0 aromatic heterocycles. The molecule has 0 atom stereocenters. The molecule has 0 radical (unpaired) electrons. The summed E-state index contributed by atoms with van der Waals surface area (Å²) in [7, 11) is 1.35. The van der Waals surface area contributed by atoms with E-state index < -0.39 is 16.7 Å². The van der Waals surface area contributed by atoms with Crippen molar-refractivity contribution in [2.24, 2.45) is 0 Å². The summed E-state index contributed by atoms with van der Waals surface area (Å²) in [6.45, 7) is 0. The van der Waals surface area contributed by atoms with Crippen molar-refractivity contribution >= 4 is 17.4 Å². The molecule has 0 unspecified atom stereocenters. The third-order valence-corrected chi connectivity index (χ3v) is 1.91. The van der Waals surface area contributed by atoms with Gasteiger partial charge in [0.2, 0.25) is 0 Å². The van der Waals surface area contributed by atoms with E-state index in [-0.39, 0.29) is 0 Å². The molecule has 1 amide bonds. The highest BCUT2D eigenvalue weighted by Crippen LogP contribution is 2.11. The number of nitrogens with zero attached hydrogens (tertiary/aromatic N) is 4. The highest BCUT2D eigenvalue weighted by molar-refractivity contribution is 6.37. The van der Waals surface area contributed by atoms with Crippen molar-refractivity contribution in [1.29, 1.82) is 0 Å². The van der Waals surface area contributed by atoms with Crippen LogP contribution in [-0.4, -0.2) is 28.5 Å². The SMILES string of the molecule is CN(C(=O)C(=[N+]=[N-])[N+](=O)[O-])c1ccccc1. The van der Waals surface area contributed by atoms with E-state index in [9.17, 15) is 14.9 Å². The zero-order valence-corrected chi connectivity index (χ0v) is 8.40. The van der Waals surface area contributed by atoms with Gasteiger partial charge in [-0.2, -0.15) is 0 Å². The molecule has 0 aliphatic rings. The van der Waals surface area contributed by atoms with Crippen LogP contribution in [0.3, 0.4) is 0 Å². The van der Waals surface area contributed by atoms with Crippen LogP contribution < -0.4 is 4.90 Å². The maximum absolute atomic E-state index is 11.5. The molecule has 0 bridgehead atoms. The molecule has 82 valence electrons. The number of anilines is 1. The summed E-state index contributed by atoms with van der Waals surface area (Å²) >= 11 is 0. The van der Waals surface area contributed by atoms with Crippen molar-refractivity contribution in [1.82, 2.24) is 0 Å². The molecule has 1 aromatic carbocycles. The number of benzene rings is 1. The zero-order valence-electron chi connectivity index (χ0n) is 8.40. The lowest BCUT2D eigenvalue weighted by Crippen LogP contribution is -2.37. The highest BCUT2D eigenvalue weighted by Gasteiger charge is 2.37. The third-order valence-electron chi connectivity index (χ3n) is 1.91. The van der Waals surface area contributed by atoms with Crippen LogP contribution in [0.2, 0.25) is 0 Å². The number of carbonyl (C=O) groups excluding carboxylic acids is 1. The number of para-hydroxylation sites is 1. The summed E-state index contributed by atoms with van der Waals surface area (Å²) < 4.78 is 0. The molecule has 16 heavy (non-hydrogen) atoms. The number of nitro groups is 1. The van der Waals surface area contributed by atoms with E-state index >= 15 is 0 Å². The lowest BCUT2D eigenvalue weighted by Gasteiger charge is -2.11. The van der Waals surface area contributed by atoms with Crippen molar-refractivity contribution in [2.75, 3.05) is 11.9 Å². The zero-order chi connectivity index (χ0) is 12.1. The van der Waals surface area contributed by atoms with Gasteiger partial charge in [0.25, 0.3) is 0 Å². The lowest BCUT2D eigenvalue weighted by atomic mass is 10.3. The second-order valence-electron chi connectivity index (χ2n) is 2.88. The second kappa shape index (κ2) is 4.81. The minimum Gasteiger partial charge on any atom is -0.354 e. The largest absolute Gasteiger partial charge is 0.670 e. The first kappa shape index (κ1) is 11.5. The minimum absolute atomic E-state index is 0.468. The van der Waals surface area contributed by atoms with Gasteiger partial charge in [-0.05, 0) is 12.1 Å². The van der Waals surface area contributed by atoms with Gasteiger partial charge in [-0.3, -0.25) is 19.8 Å². The maximum atomic E-state index is 11.5. The molecule has 0 aliphatic carbocycles. The molecule has 0 saturated carbocycles. The Hall–Kier alpha value is -2.53. The summed E-state index contributed by atoms with van der Waals surface area (Å²) in [5.41, 5.74) is 8.83. The highest BCUT2D eigenvalue weighted by atomic mass is 16.6. The normalized spacial score (nSPS) is 9.06. The van der Waals surface area contributed by atoms with E-state index in [2.05, 4.69) is 4.79 Å². The molecular formula is C9H8N4O3. The van der Waals surface area contributed by atoms with Crippen molar-refractivity contribution in [3.8, 4) is 0 Å². The first-order chi connectivity index (χ1) is 7.57. The van der Waals surface area contributed by atoms with Crippen molar-refractivity contribution in [3.63, 3.8) is 0 Å². The predicted molar refractivity (Wildman–Crippen MR) is 55.5 cm³/mol. The van der Waals surface area contributed by atoms with E-state index in [1.54, 1.807) is 30.3 Å². The van der Waals surface area contributed by atoms with Gasteiger partial charge >= 0.3 is 11.7 Å². The first-order valence-corrected chi connectivity index (χ1v) is 4.27. The summed E-state index contributed by atoms with van der Waals surface area (Å²) in [5.74, 6) is -2.11. The maximum Gasteiger partial charge on any atom is 0.670 e. The molecule has 7 heteroatoms. The smallest absolute Gasteiger partial charge is 0.354 e. The van der Waals surface area contributed by atoms with E-state index in [0.717, 1.165) is 4.90 Å². The van der Waals surface area contributed by atoms with Crippen LogP contribution in [0.1, 0.15) is 0 Å². The van der Waals surface area contributed by atoms with Crippen LogP contribution in [0.5, 0.6) is 0 Å². The molecule has 1 aromatic rings. The van der Waals surface area contributed by atoms with E-state index in [0.29, 0.717) is 5.69 Å². The van der Waals surface area contributed by atoms with Crippen LogP contribution in [0.25, 0.3) is 5.53 Å². The average Bonchev–Trinajstić information content (AvgIpc) is 2.29. The Morgan fingerprint density at radius 1 is 1.44 bits per heavy atom. The van der Waals surface area contributed by atoms with Gasteiger partial charge in [-0.15, -0.1) is 0 Å². The molecule has 7 nitrogen and oxygen atoms in total. The van der Waals surface area contributed by atoms with Gasteiger partial charge in [0, 0.05) is 12.7 Å². The van der Waals surface area contributed by atoms with Crippen LogP contribution in [0, 0.1) is 10.1 Å². The van der Waals surface area contributed by atoms with Crippen molar-refractivity contribution in [2.45, 2.75) is 0 Å². The molecule has 0 N–H and O–H groups in total. The Morgan fingerprint density at radius 2 is 2.00 bits per heavy atom. The van der Waals surface area contributed by atoms with Gasteiger partial charge < -0.3 is 5.53 Å². The molecule has 0 spiro atoms. The van der Waals surface area contributed by atoms with Crippen molar-refractivity contribution in [3.05, 3.63) is 46.0 Å². The van der Waals surface area contributed by atoms with E-state index in [1.165, 1.54) is 7.05 Å². The number of amidine groups is 1. The lowest BCUT2D eigenvalue weighted by molar-refractivity contribution is -0.381. The minimum atomic E-state index is -1.12.